The molecule has 0 saturated carbocycles. The maximum absolute atomic E-state index is 12.4. The molecule has 1 aromatic heterocycles. The van der Waals surface area contributed by atoms with E-state index in [0.29, 0.717) is 5.76 Å². The molecule has 3 aromatic rings. The molecule has 6 heteroatoms. The number of carbonyl (C=O) groups is 1. The summed E-state index contributed by atoms with van der Waals surface area (Å²) in [5.41, 5.74) is 0.629. The Labute approximate surface area is 155 Å². The van der Waals surface area contributed by atoms with Crippen molar-refractivity contribution in [1.29, 1.82) is 0 Å². The number of hydrogen-bond donors (Lipinski definition) is 1. The summed E-state index contributed by atoms with van der Waals surface area (Å²) in [4.78, 5) is 26.3. The van der Waals surface area contributed by atoms with Crippen LogP contribution in [0.4, 0.5) is 0 Å². The van der Waals surface area contributed by atoms with Crippen LogP contribution in [0.2, 0.25) is 0 Å². The van der Waals surface area contributed by atoms with Gasteiger partial charge in [0, 0.05) is 36.9 Å². The van der Waals surface area contributed by atoms with Crippen LogP contribution in [0.15, 0.2) is 57.7 Å². The van der Waals surface area contributed by atoms with Gasteiger partial charge in [-0.25, -0.2) is 0 Å². The van der Waals surface area contributed by atoms with Crippen LogP contribution in [-0.4, -0.2) is 35.6 Å². The molecule has 138 valence electrons. The van der Waals surface area contributed by atoms with Crippen molar-refractivity contribution in [3.05, 3.63) is 58.8 Å². The highest BCUT2D eigenvalue weighted by atomic mass is 16.5. The molecule has 0 unspecified atom stereocenters. The van der Waals surface area contributed by atoms with E-state index in [1.807, 2.05) is 30.3 Å². The number of rotatable bonds is 4. The molecule has 2 heterocycles. The van der Waals surface area contributed by atoms with E-state index in [2.05, 4.69) is 0 Å². The lowest BCUT2D eigenvalue weighted by molar-refractivity contribution is -0.132. The summed E-state index contributed by atoms with van der Waals surface area (Å²) in [6, 6.07) is 13.4. The van der Waals surface area contributed by atoms with Gasteiger partial charge in [0.05, 0.1) is 0 Å². The zero-order valence-corrected chi connectivity index (χ0v) is 14.7. The summed E-state index contributed by atoms with van der Waals surface area (Å²) in [7, 11) is 0. The number of benzene rings is 2. The number of fused-ring (bicyclic) bond motifs is 1. The van der Waals surface area contributed by atoms with E-state index in [1.165, 1.54) is 18.2 Å². The Morgan fingerprint density at radius 2 is 1.85 bits per heavy atom. The molecule has 0 radical (unpaired) electrons. The van der Waals surface area contributed by atoms with Crippen LogP contribution in [0.3, 0.4) is 0 Å². The van der Waals surface area contributed by atoms with E-state index in [1.54, 1.807) is 4.90 Å². The number of phenolic OH excluding ortho intramolecular Hbond substituents is 1. The Balaban J connectivity index is 1.65. The smallest absolute Gasteiger partial charge is 0.260 e. The van der Waals surface area contributed by atoms with Crippen molar-refractivity contribution in [3.63, 3.8) is 0 Å². The fourth-order valence-electron chi connectivity index (χ4n) is 3.27. The summed E-state index contributed by atoms with van der Waals surface area (Å²) in [5.74, 6) is 0.356. The molecular formula is C21H19NO5. The summed E-state index contributed by atoms with van der Waals surface area (Å²) in [6.07, 6.45) is 2.02. The minimum absolute atomic E-state index is 0.0906. The minimum atomic E-state index is -0.340. The van der Waals surface area contributed by atoms with Gasteiger partial charge in [-0.2, -0.15) is 0 Å². The third-order valence-corrected chi connectivity index (χ3v) is 4.66. The number of aromatic hydroxyl groups is 1. The highest BCUT2D eigenvalue weighted by Gasteiger charge is 2.19. The molecule has 1 saturated heterocycles. The average molecular weight is 365 g/mol. The van der Waals surface area contributed by atoms with Gasteiger partial charge in [-0.1, -0.05) is 30.3 Å². The third kappa shape index (κ3) is 3.51. The van der Waals surface area contributed by atoms with Crippen molar-refractivity contribution in [1.82, 2.24) is 4.90 Å². The van der Waals surface area contributed by atoms with Crippen LogP contribution in [0.5, 0.6) is 11.5 Å². The maximum atomic E-state index is 12.4. The fourth-order valence-corrected chi connectivity index (χ4v) is 3.27. The number of nitrogens with zero attached hydrogens (tertiary/aromatic N) is 1. The molecule has 1 aliphatic rings. The van der Waals surface area contributed by atoms with E-state index in [4.69, 9.17) is 9.15 Å². The standard InChI is InChI=1S/C21H19NO5/c23-16-10-15(26-13-20(25)22-8-4-5-9-22)11-19-21(16)17(24)12-18(27-19)14-6-2-1-3-7-14/h1-3,6-7,10-12,23H,4-5,8-9,13H2. The van der Waals surface area contributed by atoms with Crippen molar-refractivity contribution >= 4 is 16.9 Å². The van der Waals surface area contributed by atoms with E-state index in [0.717, 1.165) is 31.5 Å². The van der Waals surface area contributed by atoms with Gasteiger partial charge in [0.1, 0.15) is 28.2 Å². The average Bonchev–Trinajstić information content (AvgIpc) is 3.21. The topological polar surface area (TPSA) is 80.0 Å². The van der Waals surface area contributed by atoms with Gasteiger partial charge >= 0.3 is 0 Å². The number of likely N-dealkylation sites (tertiary alicyclic amines) is 1. The van der Waals surface area contributed by atoms with Crippen LogP contribution >= 0.6 is 0 Å². The largest absolute Gasteiger partial charge is 0.507 e. The van der Waals surface area contributed by atoms with Crippen molar-refractivity contribution in [2.24, 2.45) is 0 Å². The lowest BCUT2D eigenvalue weighted by Crippen LogP contribution is -2.32. The lowest BCUT2D eigenvalue weighted by atomic mass is 10.1. The zero-order chi connectivity index (χ0) is 18.8. The lowest BCUT2D eigenvalue weighted by Gasteiger charge is -2.15. The molecule has 1 fully saturated rings. The predicted octanol–water partition coefficient (Wildman–Crippen LogP) is 3.17. The van der Waals surface area contributed by atoms with Crippen LogP contribution < -0.4 is 10.2 Å². The molecule has 27 heavy (non-hydrogen) atoms. The van der Waals surface area contributed by atoms with Gasteiger partial charge in [-0.15, -0.1) is 0 Å². The number of phenols is 1. The van der Waals surface area contributed by atoms with E-state index >= 15 is 0 Å². The monoisotopic (exact) mass is 365 g/mol. The van der Waals surface area contributed by atoms with Crippen molar-refractivity contribution in [3.8, 4) is 22.8 Å². The quantitative estimate of drug-likeness (QED) is 0.768. The molecule has 6 nitrogen and oxygen atoms in total. The SMILES string of the molecule is O=C(COc1cc(O)c2c(=O)cc(-c3ccccc3)oc2c1)N1CCCC1. The van der Waals surface area contributed by atoms with E-state index < -0.39 is 0 Å². The van der Waals surface area contributed by atoms with Crippen LogP contribution in [0, 0.1) is 0 Å². The molecule has 0 bridgehead atoms. The van der Waals surface area contributed by atoms with E-state index in [-0.39, 0.29) is 40.4 Å². The second-order valence-electron chi connectivity index (χ2n) is 6.53. The fraction of sp³-hybridized carbons (Fsp3) is 0.238. The summed E-state index contributed by atoms with van der Waals surface area (Å²) in [6.45, 7) is 1.38. The van der Waals surface area contributed by atoms with Crippen molar-refractivity contribution in [2.45, 2.75) is 12.8 Å². The maximum Gasteiger partial charge on any atom is 0.260 e. The molecule has 0 spiro atoms. The molecule has 1 amide bonds. The molecule has 4 rings (SSSR count). The molecule has 1 aliphatic heterocycles. The molecule has 0 aliphatic carbocycles. The summed E-state index contributed by atoms with van der Waals surface area (Å²) in [5, 5.41) is 10.3. The van der Waals surface area contributed by atoms with Crippen LogP contribution in [-0.2, 0) is 4.79 Å². The first-order valence-electron chi connectivity index (χ1n) is 8.89. The Hall–Kier alpha value is -3.28. The van der Waals surface area contributed by atoms with Gasteiger partial charge in [0.15, 0.2) is 12.0 Å². The number of ether oxygens (including phenoxy) is 1. The van der Waals surface area contributed by atoms with Crippen LogP contribution in [0.1, 0.15) is 12.8 Å². The predicted molar refractivity (Wildman–Crippen MR) is 101 cm³/mol. The highest BCUT2D eigenvalue weighted by molar-refractivity contribution is 5.86. The van der Waals surface area contributed by atoms with Gasteiger partial charge < -0.3 is 19.2 Å². The summed E-state index contributed by atoms with van der Waals surface area (Å²) < 4.78 is 11.4. The van der Waals surface area contributed by atoms with Gasteiger partial charge in [0.2, 0.25) is 0 Å². The zero-order valence-electron chi connectivity index (χ0n) is 14.7. The second kappa shape index (κ2) is 7.15. The first-order valence-corrected chi connectivity index (χ1v) is 8.89. The molecule has 2 aromatic carbocycles. The van der Waals surface area contributed by atoms with Gasteiger partial charge in [-0.3, -0.25) is 9.59 Å². The number of amides is 1. The Morgan fingerprint density at radius 1 is 1.11 bits per heavy atom. The number of hydrogen-bond acceptors (Lipinski definition) is 5. The Morgan fingerprint density at radius 3 is 2.59 bits per heavy atom. The van der Waals surface area contributed by atoms with Gasteiger partial charge in [-0.05, 0) is 12.8 Å². The summed E-state index contributed by atoms with van der Waals surface area (Å²) >= 11 is 0. The highest BCUT2D eigenvalue weighted by Crippen LogP contribution is 2.31. The van der Waals surface area contributed by atoms with Crippen molar-refractivity contribution in [2.75, 3.05) is 19.7 Å². The number of carbonyl (C=O) groups excluding carboxylic acids is 1. The molecule has 0 atom stereocenters. The Kier molecular flexibility index (Phi) is 4.54. The minimum Gasteiger partial charge on any atom is -0.507 e. The molecular weight excluding hydrogens is 346 g/mol. The second-order valence-corrected chi connectivity index (χ2v) is 6.53. The van der Waals surface area contributed by atoms with Crippen LogP contribution in [0.25, 0.3) is 22.3 Å². The third-order valence-electron chi connectivity index (χ3n) is 4.66. The normalized spacial score (nSPS) is 13.9. The first-order chi connectivity index (χ1) is 13.1. The van der Waals surface area contributed by atoms with Crippen molar-refractivity contribution < 1.29 is 19.1 Å². The Bertz CT molecular complexity index is 1040. The molecule has 1 N–H and O–H groups in total. The van der Waals surface area contributed by atoms with E-state index in [9.17, 15) is 14.7 Å². The first kappa shape index (κ1) is 17.1. The van der Waals surface area contributed by atoms with Gasteiger partial charge in [0.25, 0.3) is 5.91 Å².